The molecule has 1 fully saturated rings. The third-order valence-corrected chi connectivity index (χ3v) is 4.31. The van der Waals surface area contributed by atoms with Gasteiger partial charge in [0, 0.05) is 18.9 Å². The van der Waals surface area contributed by atoms with Crippen LogP contribution in [0.25, 0.3) is 0 Å². The van der Waals surface area contributed by atoms with Gasteiger partial charge in [0.25, 0.3) is 0 Å². The summed E-state index contributed by atoms with van der Waals surface area (Å²) in [4.78, 5) is 28.4. The van der Waals surface area contributed by atoms with Crippen molar-refractivity contribution in [2.75, 3.05) is 0 Å². The highest BCUT2D eigenvalue weighted by Gasteiger charge is 2.48. The molecule has 1 aliphatic rings. The van der Waals surface area contributed by atoms with E-state index in [1.807, 2.05) is 49.4 Å². The summed E-state index contributed by atoms with van der Waals surface area (Å²) in [5.41, 5.74) is 2.01. The molecule has 1 aromatic heterocycles. The molecular weight excluding hydrogens is 302 g/mol. The van der Waals surface area contributed by atoms with E-state index in [1.54, 1.807) is 12.4 Å². The Morgan fingerprint density at radius 1 is 1.12 bits per heavy atom. The van der Waals surface area contributed by atoms with E-state index in [2.05, 4.69) is 15.6 Å². The summed E-state index contributed by atoms with van der Waals surface area (Å²) in [5, 5.41) is 5.86. The van der Waals surface area contributed by atoms with Crippen LogP contribution in [0.4, 0.5) is 0 Å². The normalized spacial score (nSPS) is 20.0. The largest absolute Gasteiger partial charge is 0.352 e. The van der Waals surface area contributed by atoms with E-state index in [4.69, 9.17) is 0 Å². The number of benzene rings is 1. The number of nitrogens with zero attached hydrogens (tertiary/aromatic N) is 1. The standard InChI is InChI=1S/C19H21N3O2/c1-13(15-7-3-2-4-8-15)22-19(24)17-10-16(17)18(23)21-12-14-6-5-9-20-11-14/h2-9,11,13,16-17H,10,12H2,1H3,(H,21,23)(H,22,24). The van der Waals surface area contributed by atoms with Gasteiger partial charge in [0.15, 0.2) is 0 Å². The molecule has 5 heteroatoms. The van der Waals surface area contributed by atoms with Gasteiger partial charge in [-0.1, -0.05) is 36.4 Å². The Hall–Kier alpha value is -2.69. The molecule has 2 aromatic rings. The Labute approximate surface area is 141 Å². The first kappa shape index (κ1) is 16.2. The zero-order valence-electron chi connectivity index (χ0n) is 13.6. The lowest BCUT2D eigenvalue weighted by atomic mass is 10.1. The fraction of sp³-hybridized carbons (Fsp3) is 0.316. The fourth-order valence-electron chi connectivity index (χ4n) is 2.74. The molecular formula is C19H21N3O2. The first-order valence-electron chi connectivity index (χ1n) is 8.17. The lowest BCUT2D eigenvalue weighted by molar-refractivity contribution is -0.127. The van der Waals surface area contributed by atoms with Crippen molar-refractivity contribution in [3.05, 3.63) is 66.0 Å². The topological polar surface area (TPSA) is 71.1 Å². The number of nitrogens with one attached hydrogen (secondary N) is 2. The quantitative estimate of drug-likeness (QED) is 0.856. The van der Waals surface area contributed by atoms with Crippen LogP contribution in [0.1, 0.15) is 30.5 Å². The van der Waals surface area contributed by atoms with Crippen molar-refractivity contribution < 1.29 is 9.59 Å². The van der Waals surface area contributed by atoms with Crippen LogP contribution in [0.15, 0.2) is 54.9 Å². The van der Waals surface area contributed by atoms with E-state index in [0.717, 1.165) is 11.1 Å². The van der Waals surface area contributed by atoms with Gasteiger partial charge < -0.3 is 10.6 Å². The smallest absolute Gasteiger partial charge is 0.224 e. The van der Waals surface area contributed by atoms with Gasteiger partial charge in [-0.05, 0) is 30.5 Å². The lowest BCUT2D eigenvalue weighted by Crippen LogP contribution is -2.31. The molecule has 3 unspecified atom stereocenters. The van der Waals surface area contributed by atoms with E-state index in [-0.39, 0.29) is 29.7 Å². The molecule has 0 saturated heterocycles. The van der Waals surface area contributed by atoms with E-state index in [9.17, 15) is 9.59 Å². The molecule has 2 N–H and O–H groups in total. The van der Waals surface area contributed by atoms with Crippen molar-refractivity contribution in [1.29, 1.82) is 0 Å². The summed E-state index contributed by atoms with van der Waals surface area (Å²) in [6.07, 6.45) is 4.03. The van der Waals surface area contributed by atoms with Gasteiger partial charge in [-0.2, -0.15) is 0 Å². The Morgan fingerprint density at radius 3 is 2.58 bits per heavy atom. The second-order valence-electron chi connectivity index (χ2n) is 6.17. The zero-order chi connectivity index (χ0) is 16.9. The van der Waals surface area contributed by atoms with E-state index < -0.39 is 0 Å². The summed E-state index contributed by atoms with van der Waals surface area (Å²) in [6, 6.07) is 13.5. The summed E-state index contributed by atoms with van der Waals surface area (Å²) >= 11 is 0. The van der Waals surface area contributed by atoms with Crippen LogP contribution in [0.3, 0.4) is 0 Å². The van der Waals surface area contributed by atoms with E-state index in [1.165, 1.54) is 0 Å². The Morgan fingerprint density at radius 2 is 1.88 bits per heavy atom. The van der Waals surface area contributed by atoms with Crippen molar-refractivity contribution in [3.8, 4) is 0 Å². The second kappa shape index (κ2) is 7.25. The molecule has 24 heavy (non-hydrogen) atoms. The van der Waals surface area contributed by atoms with Crippen LogP contribution in [-0.2, 0) is 16.1 Å². The SMILES string of the molecule is CC(NC(=O)C1CC1C(=O)NCc1cccnc1)c1ccccc1. The molecule has 0 bridgehead atoms. The van der Waals surface area contributed by atoms with E-state index >= 15 is 0 Å². The van der Waals surface area contributed by atoms with E-state index in [0.29, 0.717) is 13.0 Å². The predicted molar refractivity (Wildman–Crippen MR) is 90.7 cm³/mol. The second-order valence-corrected chi connectivity index (χ2v) is 6.17. The van der Waals surface area contributed by atoms with Crippen molar-refractivity contribution in [2.24, 2.45) is 11.8 Å². The number of pyridine rings is 1. The molecule has 1 aromatic carbocycles. The van der Waals surface area contributed by atoms with Crippen LogP contribution in [0.2, 0.25) is 0 Å². The maximum absolute atomic E-state index is 12.3. The maximum atomic E-state index is 12.3. The monoisotopic (exact) mass is 323 g/mol. The number of hydrogen-bond acceptors (Lipinski definition) is 3. The molecule has 1 aliphatic carbocycles. The molecule has 1 saturated carbocycles. The van der Waals surface area contributed by atoms with Crippen molar-refractivity contribution >= 4 is 11.8 Å². The first-order valence-corrected chi connectivity index (χ1v) is 8.17. The average Bonchev–Trinajstić information content (AvgIpc) is 3.42. The number of rotatable bonds is 6. The first-order chi connectivity index (χ1) is 11.6. The number of carbonyl (C=O) groups is 2. The Bertz CT molecular complexity index is 703. The van der Waals surface area contributed by atoms with Crippen molar-refractivity contribution in [2.45, 2.75) is 25.9 Å². The van der Waals surface area contributed by atoms with Crippen LogP contribution >= 0.6 is 0 Å². The minimum Gasteiger partial charge on any atom is -0.352 e. The highest BCUT2D eigenvalue weighted by molar-refractivity contribution is 5.92. The van der Waals surface area contributed by atoms with Gasteiger partial charge in [0.1, 0.15) is 0 Å². The van der Waals surface area contributed by atoms with Crippen molar-refractivity contribution in [1.82, 2.24) is 15.6 Å². The maximum Gasteiger partial charge on any atom is 0.224 e. The van der Waals surface area contributed by atoms with Gasteiger partial charge in [0.2, 0.25) is 11.8 Å². The summed E-state index contributed by atoms with van der Waals surface area (Å²) in [6.45, 7) is 2.39. The van der Waals surface area contributed by atoms with Crippen LogP contribution in [0.5, 0.6) is 0 Å². The molecule has 0 radical (unpaired) electrons. The lowest BCUT2D eigenvalue weighted by Gasteiger charge is -2.14. The Balaban J connectivity index is 1.46. The summed E-state index contributed by atoms with van der Waals surface area (Å²) in [7, 11) is 0. The molecule has 0 spiro atoms. The molecule has 2 amide bonds. The number of aromatic nitrogens is 1. The highest BCUT2D eigenvalue weighted by atomic mass is 16.2. The molecule has 0 aliphatic heterocycles. The third kappa shape index (κ3) is 3.98. The fourth-order valence-corrected chi connectivity index (χ4v) is 2.74. The Kier molecular flexibility index (Phi) is 4.89. The minimum atomic E-state index is -0.218. The average molecular weight is 323 g/mol. The minimum absolute atomic E-state index is 0.0483. The van der Waals surface area contributed by atoms with Crippen molar-refractivity contribution in [3.63, 3.8) is 0 Å². The number of hydrogen-bond donors (Lipinski definition) is 2. The van der Waals surface area contributed by atoms with Gasteiger partial charge in [-0.3, -0.25) is 14.6 Å². The van der Waals surface area contributed by atoms with Gasteiger partial charge in [-0.25, -0.2) is 0 Å². The third-order valence-electron chi connectivity index (χ3n) is 4.31. The highest BCUT2D eigenvalue weighted by Crippen LogP contribution is 2.39. The molecule has 1 heterocycles. The van der Waals surface area contributed by atoms with Gasteiger partial charge in [-0.15, -0.1) is 0 Å². The zero-order valence-corrected chi connectivity index (χ0v) is 13.6. The van der Waals surface area contributed by atoms with Crippen LogP contribution < -0.4 is 10.6 Å². The van der Waals surface area contributed by atoms with Gasteiger partial charge in [0.05, 0.1) is 17.9 Å². The molecule has 124 valence electrons. The van der Waals surface area contributed by atoms with Gasteiger partial charge >= 0.3 is 0 Å². The number of carbonyl (C=O) groups excluding carboxylic acids is 2. The number of amides is 2. The van der Waals surface area contributed by atoms with Crippen LogP contribution in [0, 0.1) is 11.8 Å². The molecule has 5 nitrogen and oxygen atoms in total. The summed E-state index contributed by atoms with van der Waals surface area (Å²) in [5.74, 6) is -0.547. The predicted octanol–water partition coefficient (Wildman–Crippen LogP) is 2.21. The summed E-state index contributed by atoms with van der Waals surface area (Å²) < 4.78 is 0. The molecule has 3 rings (SSSR count). The molecule has 3 atom stereocenters. The van der Waals surface area contributed by atoms with Crippen LogP contribution in [-0.4, -0.2) is 16.8 Å².